The number of benzene rings is 1. The lowest BCUT2D eigenvalue weighted by atomic mass is 10.1. The molecule has 0 spiro atoms. The van der Waals surface area contributed by atoms with Crippen LogP contribution in [0.15, 0.2) is 30.3 Å². The zero-order valence-electron chi connectivity index (χ0n) is 19.2. The Hall–Kier alpha value is -3.14. The maximum absolute atomic E-state index is 13.1. The van der Waals surface area contributed by atoms with E-state index in [0.717, 1.165) is 24.3 Å². The smallest absolute Gasteiger partial charge is 0.339 e. The summed E-state index contributed by atoms with van der Waals surface area (Å²) in [6.07, 6.45) is 2.54. The van der Waals surface area contributed by atoms with Crippen molar-refractivity contribution in [3.63, 3.8) is 0 Å². The van der Waals surface area contributed by atoms with E-state index in [4.69, 9.17) is 19.2 Å². The third kappa shape index (κ3) is 4.59. The second-order valence-electron chi connectivity index (χ2n) is 8.81. The lowest BCUT2D eigenvalue weighted by molar-refractivity contribution is 0.0452. The Morgan fingerprint density at radius 1 is 1.12 bits per heavy atom. The lowest BCUT2D eigenvalue weighted by Gasteiger charge is -2.12. The Kier molecular flexibility index (Phi) is 5.93. The van der Waals surface area contributed by atoms with Crippen molar-refractivity contribution >= 4 is 26.8 Å². The van der Waals surface area contributed by atoms with Crippen molar-refractivity contribution < 1.29 is 27.4 Å². The number of aromatic nitrogens is 3. The van der Waals surface area contributed by atoms with Crippen LogP contribution < -0.4 is 9.47 Å². The van der Waals surface area contributed by atoms with E-state index in [1.165, 1.54) is 0 Å². The van der Waals surface area contributed by atoms with E-state index >= 15 is 0 Å². The molecule has 2 aromatic heterocycles. The molecule has 0 radical (unpaired) electrons. The molecule has 0 bridgehead atoms. The summed E-state index contributed by atoms with van der Waals surface area (Å²) >= 11 is 0. The molecular formula is C24H27N3O6S. The molecule has 1 unspecified atom stereocenters. The molecule has 2 fully saturated rings. The topological polar surface area (TPSA) is 110 Å². The van der Waals surface area contributed by atoms with E-state index in [0.29, 0.717) is 40.4 Å². The molecule has 10 heteroatoms. The number of carbonyl (C=O) groups excluding carboxylic acids is 1. The van der Waals surface area contributed by atoms with Gasteiger partial charge in [0.1, 0.15) is 24.7 Å². The van der Waals surface area contributed by atoms with E-state index in [2.05, 4.69) is 5.10 Å². The lowest BCUT2D eigenvalue weighted by Crippen LogP contribution is -2.15. The molecule has 3 heterocycles. The molecule has 2 aliphatic rings. The van der Waals surface area contributed by atoms with E-state index in [-0.39, 0.29) is 30.8 Å². The average Bonchev–Trinajstić information content (AvgIpc) is 3.54. The van der Waals surface area contributed by atoms with Gasteiger partial charge in [-0.25, -0.2) is 22.9 Å². The molecular weight excluding hydrogens is 458 g/mol. The highest BCUT2D eigenvalue weighted by Crippen LogP contribution is 2.41. The number of esters is 1. The van der Waals surface area contributed by atoms with Crippen LogP contribution in [0.25, 0.3) is 11.0 Å². The van der Waals surface area contributed by atoms with Gasteiger partial charge in [0.25, 0.3) is 0 Å². The van der Waals surface area contributed by atoms with E-state index in [1.54, 1.807) is 42.1 Å². The molecule has 0 N–H and O–H groups in total. The molecule has 1 aromatic carbocycles. The summed E-state index contributed by atoms with van der Waals surface area (Å²) in [7, 11) is -1.49. The molecule has 0 amide bonds. The highest BCUT2D eigenvalue weighted by molar-refractivity contribution is 7.91. The first-order valence-corrected chi connectivity index (χ1v) is 13.2. The molecule has 1 atom stereocenters. The predicted octanol–water partition coefficient (Wildman–Crippen LogP) is 3.22. The van der Waals surface area contributed by atoms with Crippen molar-refractivity contribution in [2.24, 2.45) is 0 Å². The Balaban J connectivity index is 1.36. The molecule has 1 saturated heterocycles. The first-order valence-electron chi connectivity index (χ1n) is 11.4. The number of rotatable bonds is 8. The Morgan fingerprint density at radius 2 is 1.85 bits per heavy atom. The monoisotopic (exact) mass is 485 g/mol. The predicted molar refractivity (Wildman–Crippen MR) is 125 cm³/mol. The molecule has 1 aliphatic heterocycles. The summed E-state index contributed by atoms with van der Waals surface area (Å²) in [5.41, 5.74) is 2.44. The van der Waals surface area contributed by atoms with Crippen LogP contribution in [0.2, 0.25) is 0 Å². The van der Waals surface area contributed by atoms with Crippen molar-refractivity contribution in [1.29, 1.82) is 0 Å². The number of methoxy groups -OCH3 is 1. The fourth-order valence-electron chi connectivity index (χ4n) is 4.35. The second-order valence-corrected chi connectivity index (χ2v) is 11.0. The van der Waals surface area contributed by atoms with Gasteiger partial charge in [0.15, 0.2) is 15.5 Å². The molecule has 9 nitrogen and oxygen atoms in total. The van der Waals surface area contributed by atoms with Gasteiger partial charge < -0.3 is 14.2 Å². The third-order valence-electron chi connectivity index (χ3n) is 6.27. The molecule has 1 aliphatic carbocycles. The first-order chi connectivity index (χ1) is 16.3. The minimum atomic E-state index is -3.09. The maximum Gasteiger partial charge on any atom is 0.339 e. The normalized spacial score (nSPS) is 19.3. The summed E-state index contributed by atoms with van der Waals surface area (Å²) in [6.45, 7) is 2.10. The van der Waals surface area contributed by atoms with Crippen molar-refractivity contribution in [3.8, 4) is 11.5 Å². The first kappa shape index (κ1) is 22.6. The van der Waals surface area contributed by atoms with Gasteiger partial charge in [-0.3, -0.25) is 0 Å². The summed E-state index contributed by atoms with van der Waals surface area (Å²) in [4.78, 5) is 17.9. The molecule has 5 rings (SSSR count). The average molecular weight is 486 g/mol. The third-order valence-corrected chi connectivity index (χ3v) is 8.02. The number of nitrogens with zero attached hydrogens (tertiary/aromatic N) is 3. The maximum atomic E-state index is 13.1. The van der Waals surface area contributed by atoms with Crippen LogP contribution in [-0.4, -0.2) is 61.0 Å². The van der Waals surface area contributed by atoms with Gasteiger partial charge in [0.2, 0.25) is 0 Å². The summed E-state index contributed by atoms with van der Waals surface area (Å²) < 4.78 is 42.1. The Bertz CT molecular complexity index is 1330. The van der Waals surface area contributed by atoms with Crippen LogP contribution in [0, 0.1) is 6.92 Å². The highest BCUT2D eigenvalue weighted by Gasteiger charge is 2.34. The zero-order chi connectivity index (χ0) is 23.9. The molecule has 3 aromatic rings. The van der Waals surface area contributed by atoms with Gasteiger partial charge in [-0.15, -0.1) is 0 Å². The summed E-state index contributed by atoms with van der Waals surface area (Å²) in [5.74, 6) is 1.42. The Morgan fingerprint density at radius 3 is 2.50 bits per heavy atom. The Labute approximate surface area is 197 Å². The number of carbonyl (C=O) groups is 1. The van der Waals surface area contributed by atoms with Crippen LogP contribution >= 0.6 is 0 Å². The second kappa shape index (κ2) is 8.90. The number of hydrogen-bond acceptors (Lipinski definition) is 8. The van der Waals surface area contributed by atoms with Crippen molar-refractivity contribution in [3.05, 3.63) is 47.3 Å². The van der Waals surface area contributed by atoms with Gasteiger partial charge in [-0.05, 0) is 56.5 Å². The molecule has 1 saturated carbocycles. The number of hydrogen-bond donors (Lipinski definition) is 0. The fraction of sp³-hybridized carbons (Fsp3) is 0.458. The molecule has 180 valence electrons. The van der Waals surface area contributed by atoms with Gasteiger partial charge >= 0.3 is 5.97 Å². The fourth-order valence-corrected chi connectivity index (χ4v) is 6.04. The zero-order valence-corrected chi connectivity index (χ0v) is 20.0. The van der Waals surface area contributed by atoms with Crippen molar-refractivity contribution in [1.82, 2.24) is 14.8 Å². The van der Waals surface area contributed by atoms with Gasteiger partial charge in [-0.2, -0.15) is 5.10 Å². The number of sulfone groups is 1. The minimum absolute atomic E-state index is 0.0427. The number of ether oxygens (including phenoxy) is 3. The van der Waals surface area contributed by atoms with E-state index < -0.39 is 15.8 Å². The van der Waals surface area contributed by atoms with Crippen molar-refractivity contribution in [2.75, 3.05) is 31.8 Å². The van der Waals surface area contributed by atoms with E-state index in [1.807, 2.05) is 6.92 Å². The van der Waals surface area contributed by atoms with E-state index in [9.17, 15) is 13.2 Å². The van der Waals surface area contributed by atoms with Gasteiger partial charge in [-0.1, -0.05) is 0 Å². The van der Waals surface area contributed by atoms with Crippen LogP contribution in [-0.2, 0) is 14.6 Å². The summed E-state index contributed by atoms with van der Waals surface area (Å²) in [6, 6.07) is 8.70. The van der Waals surface area contributed by atoms with Crippen LogP contribution in [0.5, 0.6) is 11.5 Å². The van der Waals surface area contributed by atoms with Crippen molar-refractivity contribution in [2.45, 2.75) is 38.1 Å². The van der Waals surface area contributed by atoms with Crippen LogP contribution in [0.3, 0.4) is 0 Å². The van der Waals surface area contributed by atoms with Crippen LogP contribution in [0.4, 0.5) is 0 Å². The quantitative estimate of drug-likeness (QED) is 0.353. The summed E-state index contributed by atoms with van der Waals surface area (Å²) in [5, 5.41) is 5.22. The minimum Gasteiger partial charge on any atom is -0.497 e. The number of pyridine rings is 1. The largest absolute Gasteiger partial charge is 0.497 e. The number of aryl methyl sites for hydroxylation is 1. The van der Waals surface area contributed by atoms with Crippen LogP contribution in [0.1, 0.15) is 53.0 Å². The van der Waals surface area contributed by atoms with Gasteiger partial charge in [0, 0.05) is 11.6 Å². The SMILES string of the molecule is COc1ccc(OCCOC(=O)c2cc(C3CC3)nc3c2c(C)nn3C2CCS(=O)(=O)C2)cc1. The highest BCUT2D eigenvalue weighted by atomic mass is 32.2. The molecule has 34 heavy (non-hydrogen) atoms. The van der Waals surface area contributed by atoms with Gasteiger partial charge in [0.05, 0.1) is 41.3 Å². The number of fused-ring (bicyclic) bond motifs is 1. The standard InChI is InChI=1S/C24H27N3O6S/c1-15-22-20(24(28)33-11-10-32-19-7-5-18(31-2)6-8-19)13-21(16-3-4-16)25-23(22)27(26-15)17-9-12-34(29,30)14-17/h5-8,13,16-17H,3-4,9-12,14H2,1-2H3.